The van der Waals surface area contributed by atoms with Crippen molar-refractivity contribution in [3.05, 3.63) is 35.5 Å². The molecule has 28 heavy (non-hydrogen) atoms. The third-order valence-corrected chi connectivity index (χ3v) is 4.98. The summed E-state index contributed by atoms with van der Waals surface area (Å²) in [4.78, 5) is 26.2. The third kappa shape index (κ3) is 3.47. The molecule has 0 spiro atoms. The number of rotatable bonds is 6. The number of morpholine rings is 1. The maximum Gasteiger partial charge on any atom is 0.273 e. The van der Waals surface area contributed by atoms with E-state index >= 15 is 0 Å². The number of fused-ring (bicyclic) bond motifs is 1. The number of carbonyl (C=O) groups excluding carboxylic acids is 1. The number of hydrogen-bond acceptors (Lipinski definition) is 7. The number of aromatic nitrogens is 2. The lowest BCUT2D eigenvalue weighted by molar-refractivity contribution is 0.0774. The van der Waals surface area contributed by atoms with E-state index in [1.165, 1.54) is 0 Å². The summed E-state index contributed by atoms with van der Waals surface area (Å²) in [6, 6.07) is 7.67. The Bertz CT molecular complexity index is 867. The van der Waals surface area contributed by atoms with Crippen molar-refractivity contribution in [2.75, 3.05) is 50.2 Å². The number of para-hydroxylation sites is 2. The maximum absolute atomic E-state index is 12.9. The van der Waals surface area contributed by atoms with Gasteiger partial charge in [-0.3, -0.25) is 4.79 Å². The Morgan fingerprint density at radius 1 is 1.21 bits per heavy atom. The fourth-order valence-corrected chi connectivity index (χ4v) is 3.55. The van der Waals surface area contributed by atoms with Gasteiger partial charge in [0.2, 0.25) is 5.95 Å². The van der Waals surface area contributed by atoms with Crippen LogP contribution in [-0.4, -0.2) is 60.7 Å². The van der Waals surface area contributed by atoms with Crippen molar-refractivity contribution in [1.82, 2.24) is 14.9 Å². The topological polar surface area (TPSA) is 79.8 Å². The summed E-state index contributed by atoms with van der Waals surface area (Å²) in [5.41, 5.74) is 2.13. The van der Waals surface area contributed by atoms with Crippen LogP contribution in [0.5, 0.6) is 5.75 Å². The molecule has 1 N–H and O–H groups in total. The molecule has 0 bridgehead atoms. The van der Waals surface area contributed by atoms with Gasteiger partial charge in [0.25, 0.3) is 5.91 Å². The van der Waals surface area contributed by atoms with Gasteiger partial charge in [-0.2, -0.15) is 4.98 Å². The number of benzene rings is 1. The lowest BCUT2D eigenvalue weighted by atomic mass is 10.2. The molecule has 1 saturated heterocycles. The zero-order valence-corrected chi connectivity index (χ0v) is 16.3. The van der Waals surface area contributed by atoms with E-state index in [0.717, 1.165) is 23.4 Å². The van der Waals surface area contributed by atoms with Gasteiger partial charge >= 0.3 is 0 Å². The summed E-state index contributed by atoms with van der Waals surface area (Å²) < 4.78 is 10.9. The Kier molecular flexibility index (Phi) is 5.29. The second-order valence-electron chi connectivity index (χ2n) is 6.85. The fourth-order valence-electron chi connectivity index (χ4n) is 3.55. The molecule has 1 amide bonds. The largest absolute Gasteiger partial charge is 0.495 e. The molecule has 0 aliphatic carbocycles. The lowest BCUT2D eigenvalue weighted by Gasteiger charge is -2.27. The Labute approximate surface area is 164 Å². The molecule has 1 aromatic heterocycles. The number of amides is 1. The van der Waals surface area contributed by atoms with E-state index in [1.807, 2.05) is 29.2 Å². The molecule has 2 aliphatic heterocycles. The van der Waals surface area contributed by atoms with Crippen molar-refractivity contribution in [2.45, 2.75) is 19.9 Å². The molecular formula is C20H25N5O3. The number of ether oxygens (including phenoxy) is 2. The number of carbonyl (C=O) groups is 1. The summed E-state index contributed by atoms with van der Waals surface area (Å²) >= 11 is 0. The Hall–Kier alpha value is -2.87. The zero-order valence-electron chi connectivity index (χ0n) is 16.3. The minimum atomic E-state index is -0.0307. The Morgan fingerprint density at radius 3 is 2.75 bits per heavy atom. The van der Waals surface area contributed by atoms with Crippen molar-refractivity contribution in [2.24, 2.45) is 0 Å². The van der Waals surface area contributed by atoms with Gasteiger partial charge in [0, 0.05) is 25.2 Å². The van der Waals surface area contributed by atoms with E-state index in [1.54, 1.807) is 7.11 Å². The molecule has 2 aliphatic rings. The predicted molar refractivity (Wildman–Crippen MR) is 106 cm³/mol. The van der Waals surface area contributed by atoms with Crippen molar-refractivity contribution < 1.29 is 14.3 Å². The van der Waals surface area contributed by atoms with Crippen LogP contribution in [0.4, 0.5) is 17.5 Å². The van der Waals surface area contributed by atoms with E-state index < -0.39 is 0 Å². The quantitative estimate of drug-likeness (QED) is 0.821. The van der Waals surface area contributed by atoms with Gasteiger partial charge in [0.1, 0.15) is 17.3 Å². The number of hydrogen-bond donors (Lipinski definition) is 1. The highest BCUT2D eigenvalue weighted by atomic mass is 16.5. The van der Waals surface area contributed by atoms with Crippen LogP contribution >= 0.6 is 0 Å². The first-order chi connectivity index (χ1) is 13.7. The van der Waals surface area contributed by atoms with Gasteiger partial charge in [0.15, 0.2) is 0 Å². The summed E-state index contributed by atoms with van der Waals surface area (Å²) in [5.74, 6) is 1.91. The summed E-state index contributed by atoms with van der Waals surface area (Å²) in [7, 11) is 1.64. The molecule has 0 unspecified atom stereocenters. The van der Waals surface area contributed by atoms with Crippen molar-refractivity contribution in [3.8, 4) is 5.75 Å². The molecule has 148 valence electrons. The van der Waals surface area contributed by atoms with Gasteiger partial charge in [-0.05, 0) is 18.6 Å². The maximum atomic E-state index is 12.9. The predicted octanol–water partition coefficient (Wildman–Crippen LogP) is 2.43. The van der Waals surface area contributed by atoms with Crippen molar-refractivity contribution in [1.29, 1.82) is 0 Å². The first kappa shape index (κ1) is 18.5. The summed E-state index contributed by atoms with van der Waals surface area (Å²) in [6.07, 6.45) is 0.902. The first-order valence-electron chi connectivity index (χ1n) is 9.64. The van der Waals surface area contributed by atoms with E-state index in [-0.39, 0.29) is 5.91 Å². The number of anilines is 3. The van der Waals surface area contributed by atoms with E-state index in [0.29, 0.717) is 56.9 Å². The van der Waals surface area contributed by atoms with Crippen LogP contribution in [0.15, 0.2) is 24.3 Å². The highest BCUT2D eigenvalue weighted by Crippen LogP contribution is 2.33. The van der Waals surface area contributed by atoms with Crippen molar-refractivity contribution >= 4 is 23.4 Å². The Morgan fingerprint density at radius 2 is 2.00 bits per heavy atom. The van der Waals surface area contributed by atoms with Crippen LogP contribution in [0.2, 0.25) is 0 Å². The Balaban J connectivity index is 1.74. The van der Waals surface area contributed by atoms with Gasteiger partial charge in [-0.1, -0.05) is 19.1 Å². The molecule has 1 aromatic carbocycles. The van der Waals surface area contributed by atoms with Crippen LogP contribution in [0.25, 0.3) is 0 Å². The fraction of sp³-hybridized carbons (Fsp3) is 0.450. The monoisotopic (exact) mass is 383 g/mol. The highest BCUT2D eigenvalue weighted by molar-refractivity contribution is 5.98. The molecule has 8 heteroatoms. The molecule has 0 saturated carbocycles. The second-order valence-corrected chi connectivity index (χ2v) is 6.85. The van der Waals surface area contributed by atoms with Gasteiger partial charge in [-0.15, -0.1) is 0 Å². The van der Waals surface area contributed by atoms with Crippen LogP contribution in [-0.2, 0) is 11.3 Å². The third-order valence-electron chi connectivity index (χ3n) is 4.98. The standard InChI is InChI=1S/C20H25N5O3/c1-3-8-25-13-14-17(19(25)26)22-20(24-9-11-28-12-10-24)23-18(14)21-15-6-4-5-7-16(15)27-2/h4-7H,3,8-13H2,1-2H3,(H,21,22,23). The smallest absolute Gasteiger partial charge is 0.273 e. The van der Waals surface area contributed by atoms with Gasteiger partial charge in [-0.25, -0.2) is 4.98 Å². The van der Waals surface area contributed by atoms with E-state index in [2.05, 4.69) is 22.1 Å². The summed E-state index contributed by atoms with van der Waals surface area (Å²) in [5, 5.41) is 3.37. The average molecular weight is 383 g/mol. The number of methoxy groups -OCH3 is 1. The molecule has 4 rings (SSSR count). The van der Waals surface area contributed by atoms with E-state index in [4.69, 9.17) is 14.5 Å². The molecule has 0 atom stereocenters. The highest BCUT2D eigenvalue weighted by Gasteiger charge is 2.33. The molecule has 1 fully saturated rings. The molecule has 8 nitrogen and oxygen atoms in total. The van der Waals surface area contributed by atoms with Gasteiger partial charge < -0.3 is 24.6 Å². The zero-order chi connectivity index (χ0) is 19.5. The van der Waals surface area contributed by atoms with Crippen LogP contribution in [0, 0.1) is 0 Å². The van der Waals surface area contributed by atoms with Crippen LogP contribution in [0.1, 0.15) is 29.4 Å². The number of nitrogens with zero attached hydrogens (tertiary/aromatic N) is 4. The molecule has 2 aromatic rings. The second kappa shape index (κ2) is 8.02. The molecular weight excluding hydrogens is 358 g/mol. The van der Waals surface area contributed by atoms with Crippen molar-refractivity contribution in [3.63, 3.8) is 0 Å². The van der Waals surface area contributed by atoms with Crippen LogP contribution < -0.4 is 15.0 Å². The number of nitrogens with one attached hydrogen (secondary N) is 1. The van der Waals surface area contributed by atoms with E-state index in [9.17, 15) is 4.79 Å². The summed E-state index contributed by atoms with van der Waals surface area (Å²) in [6.45, 7) is 5.96. The molecule has 3 heterocycles. The average Bonchev–Trinajstić information content (AvgIpc) is 3.05. The van der Waals surface area contributed by atoms with Gasteiger partial charge in [0.05, 0.1) is 32.6 Å². The molecule has 0 radical (unpaired) electrons. The normalized spacial score (nSPS) is 16.3. The minimum Gasteiger partial charge on any atom is -0.495 e. The SMILES string of the molecule is CCCN1Cc2c(Nc3ccccc3OC)nc(N3CCOCC3)nc2C1=O. The van der Waals surface area contributed by atoms with Crippen LogP contribution in [0.3, 0.4) is 0 Å². The lowest BCUT2D eigenvalue weighted by Crippen LogP contribution is -2.37. The minimum absolute atomic E-state index is 0.0307. The first-order valence-corrected chi connectivity index (χ1v) is 9.64.